The highest BCUT2D eigenvalue weighted by atomic mass is 32.2. The van der Waals surface area contributed by atoms with Crippen LogP contribution in [-0.4, -0.2) is 35.3 Å². The second kappa shape index (κ2) is 7.57. The summed E-state index contributed by atoms with van der Waals surface area (Å²) in [5.41, 5.74) is 0. The van der Waals surface area contributed by atoms with Crippen LogP contribution < -0.4 is 5.32 Å². The lowest BCUT2D eigenvalue weighted by Crippen LogP contribution is -2.42. The molecular weight excluding hydrogens is 218 g/mol. The lowest BCUT2D eigenvalue weighted by atomic mass is 9.94. The second-order valence-electron chi connectivity index (χ2n) is 5.26. The number of thioether (sulfide) groups is 1. The van der Waals surface area contributed by atoms with E-state index in [1.165, 1.54) is 25.7 Å². The Morgan fingerprint density at radius 1 is 1.31 bits per heavy atom. The minimum atomic E-state index is -0.167. The van der Waals surface area contributed by atoms with E-state index in [9.17, 15) is 5.11 Å². The molecule has 4 atom stereocenters. The van der Waals surface area contributed by atoms with E-state index in [4.69, 9.17) is 0 Å². The van der Waals surface area contributed by atoms with E-state index in [0.717, 1.165) is 18.2 Å². The van der Waals surface area contributed by atoms with E-state index >= 15 is 0 Å². The third kappa shape index (κ3) is 5.07. The van der Waals surface area contributed by atoms with Gasteiger partial charge in [0.1, 0.15) is 0 Å². The predicted molar refractivity (Wildman–Crippen MR) is 73.0 cm³/mol. The van der Waals surface area contributed by atoms with Crippen LogP contribution in [0.5, 0.6) is 0 Å². The molecule has 0 aromatic rings. The summed E-state index contributed by atoms with van der Waals surface area (Å²) >= 11 is 2.01. The topological polar surface area (TPSA) is 32.3 Å². The van der Waals surface area contributed by atoms with E-state index in [2.05, 4.69) is 18.5 Å². The van der Waals surface area contributed by atoms with Gasteiger partial charge in [0.25, 0.3) is 0 Å². The number of aliphatic hydroxyl groups excluding tert-OH is 1. The molecular formula is C13H27NOS. The summed E-state index contributed by atoms with van der Waals surface area (Å²) in [6, 6.07) is 0.695. The van der Waals surface area contributed by atoms with Gasteiger partial charge in [0.15, 0.2) is 0 Å². The molecule has 16 heavy (non-hydrogen) atoms. The summed E-state index contributed by atoms with van der Waals surface area (Å²) < 4.78 is 0. The van der Waals surface area contributed by atoms with Gasteiger partial charge in [-0.1, -0.05) is 19.8 Å². The van der Waals surface area contributed by atoms with Crippen molar-refractivity contribution in [1.82, 2.24) is 5.32 Å². The van der Waals surface area contributed by atoms with Crippen molar-refractivity contribution in [2.24, 2.45) is 5.92 Å². The molecule has 0 aromatic carbocycles. The SMILES string of the molecule is CSC1CCCCC1NCC(C)CC(C)O. The zero-order chi connectivity index (χ0) is 12.0. The third-order valence-corrected chi connectivity index (χ3v) is 4.65. The minimum Gasteiger partial charge on any atom is -0.393 e. The largest absolute Gasteiger partial charge is 0.393 e. The molecule has 0 saturated heterocycles. The Labute approximate surface area is 105 Å². The summed E-state index contributed by atoms with van der Waals surface area (Å²) in [6.07, 6.45) is 8.43. The van der Waals surface area contributed by atoms with Crippen molar-refractivity contribution in [3.63, 3.8) is 0 Å². The quantitative estimate of drug-likeness (QED) is 0.754. The Hall–Kier alpha value is 0.270. The van der Waals surface area contributed by atoms with Gasteiger partial charge in [0.2, 0.25) is 0 Å². The molecule has 1 aliphatic rings. The van der Waals surface area contributed by atoms with Crippen molar-refractivity contribution in [2.75, 3.05) is 12.8 Å². The van der Waals surface area contributed by atoms with Crippen LogP contribution in [0.2, 0.25) is 0 Å². The highest BCUT2D eigenvalue weighted by Crippen LogP contribution is 2.27. The first-order valence-electron chi connectivity index (χ1n) is 6.57. The van der Waals surface area contributed by atoms with Crippen LogP contribution in [0, 0.1) is 5.92 Å². The van der Waals surface area contributed by atoms with Crippen molar-refractivity contribution >= 4 is 11.8 Å². The summed E-state index contributed by atoms with van der Waals surface area (Å²) in [6.45, 7) is 5.14. The van der Waals surface area contributed by atoms with E-state index in [1.807, 2.05) is 18.7 Å². The van der Waals surface area contributed by atoms with Gasteiger partial charge < -0.3 is 10.4 Å². The lowest BCUT2D eigenvalue weighted by molar-refractivity contribution is 0.161. The molecule has 0 bridgehead atoms. The fourth-order valence-electron chi connectivity index (χ4n) is 2.63. The maximum Gasteiger partial charge on any atom is 0.0515 e. The number of nitrogens with one attached hydrogen (secondary N) is 1. The first-order valence-corrected chi connectivity index (χ1v) is 7.86. The number of aliphatic hydroxyl groups is 1. The number of rotatable bonds is 6. The molecule has 0 amide bonds. The first kappa shape index (κ1) is 14.3. The van der Waals surface area contributed by atoms with Gasteiger partial charge in [-0.3, -0.25) is 0 Å². The smallest absolute Gasteiger partial charge is 0.0515 e. The predicted octanol–water partition coefficient (Wildman–Crippen LogP) is 2.66. The molecule has 0 radical (unpaired) electrons. The van der Waals surface area contributed by atoms with E-state index in [-0.39, 0.29) is 6.10 Å². The van der Waals surface area contributed by atoms with E-state index < -0.39 is 0 Å². The highest BCUT2D eigenvalue weighted by molar-refractivity contribution is 7.99. The highest BCUT2D eigenvalue weighted by Gasteiger charge is 2.24. The summed E-state index contributed by atoms with van der Waals surface area (Å²) in [4.78, 5) is 0. The molecule has 1 fully saturated rings. The molecule has 2 nitrogen and oxygen atoms in total. The Kier molecular flexibility index (Phi) is 6.78. The van der Waals surface area contributed by atoms with Crippen LogP contribution in [0.15, 0.2) is 0 Å². The molecule has 0 aromatic heterocycles. The van der Waals surface area contributed by atoms with Crippen molar-refractivity contribution in [3.8, 4) is 0 Å². The Morgan fingerprint density at radius 2 is 2.00 bits per heavy atom. The molecule has 1 saturated carbocycles. The molecule has 4 unspecified atom stereocenters. The molecule has 1 rings (SSSR count). The summed E-state index contributed by atoms with van der Waals surface area (Å²) in [7, 11) is 0. The average Bonchev–Trinajstić information content (AvgIpc) is 2.26. The zero-order valence-corrected chi connectivity index (χ0v) is 11.7. The van der Waals surface area contributed by atoms with Gasteiger partial charge in [-0.2, -0.15) is 11.8 Å². The van der Waals surface area contributed by atoms with Crippen molar-refractivity contribution in [2.45, 2.75) is 63.3 Å². The van der Waals surface area contributed by atoms with E-state index in [0.29, 0.717) is 12.0 Å². The van der Waals surface area contributed by atoms with E-state index in [1.54, 1.807) is 0 Å². The number of hydrogen-bond acceptors (Lipinski definition) is 3. The third-order valence-electron chi connectivity index (χ3n) is 3.48. The molecule has 0 aliphatic heterocycles. The van der Waals surface area contributed by atoms with Gasteiger partial charge in [-0.25, -0.2) is 0 Å². The summed E-state index contributed by atoms with van der Waals surface area (Å²) in [5.74, 6) is 0.574. The number of hydrogen-bond donors (Lipinski definition) is 2. The standard InChI is InChI=1S/C13H27NOS/c1-10(8-11(2)15)9-14-12-6-4-5-7-13(12)16-3/h10-15H,4-9H2,1-3H3. The summed E-state index contributed by atoms with van der Waals surface area (Å²) in [5, 5.41) is 13.8. The van der Waals surface area contributed by atoms with Gasteiger partial charge in [0.05, 0.1) is 6.10 Å². The van der Waals surface area contributed by atoms with Crippen LogP contribution in [0.4, 0.5) is 0 Å². The fourth-order valence-corrected chi connectivity index (χ4v) is 3.59. The van der Waals surface area contributed by atoms with Gasteiger partial charge in [-0.05, 0) is 44.9 Å². The Morgan fingerprint density at radius 3 is 2.62 bits per heavy atom. The average molecular weight is 245 g/mol. The maximum absolute atomic E-state index is 9.33. The minimum absolute atomic E-state index is 0.167. The van der Waals surface area contributed by atoms with Crippen LogP contribution in [0.25, 0.3) is 0 Å². The Balaban J connectivity index is 2.24. The van der Waals surface area contributed by atoms with Crippen molar-refractivity contribution in [3.05, 3.63) is 0 Å². The molecule has 3 heteroatoms. The maximum atomic E-state index is 9.33. The van der Waals surface area contributed by atoms with Gasteiger partial charge >= 0.3 is 0 Å². The van der Waals surface area contributed by atoms with Crippen LogP contribution in [0.1, 0.15) is 46.0 Å². The van der Waals surface area contributed by atoms with Gasteiger partial charge in [0, 0.05) is 11.3 Å². The molecule has 96 valence electrons. The normalized spacial score (nSPS) is 30.0. The monoisotopic (exact) mass is 245 g/mol. The molecule has 0 spiro atoms. The Bertz CT molecular complexity index is 187. The van der Waals surface area contributed by atoms with Crippen molar-refractivity contribution < 1.29 is 5.11 Å². The second-order valence-corrected chi connectivity index (χ2v) is 6.34. The van der Waals surface area contributed by atoms with Crippen molar-refractivity contribution in [1.29, 1.82) is 0 Å². The van der Waals surface area contributed by atoms with Crippen LogP contribution >= 0.6 is 11.8 Å². The van der Waals surface area contributed by atoms with Gasteiger partial charge in [-0.15, -0.1) is 0 Å². The lowest BCUT2D eigenvalue weighted by Gasteiger charge is -2.32. The molecule has 0 heterocycles. The van der Waals surface area contributed by atoms with Crippen LogP contribution in [-0.2, 0) is 0 Å². The first-order chi connectivity index (χ1) is 7.63. The fraction of sp³-hybridized carbons (Fsp3) is 1.00. The molecule has 2 N–H and O–H groups in total. The zero-order valence-electron chi connectivity index (χ0n) is 10.9. The molecule has 1 aliphatic carbocycles. The van der Waals surface area contributed by atoms with Crippen LogP contribution in [0.3, 0.4) is 0 Å².